The van der Waals surface area contributed by atoms with E-state index < -0.39 is 0 Å². The molecule has 2 aliphatic rings. The lowest BCUT2D eigenvalue weighted by atomic mass is 9.79. The molecule has 2 atom stereocenters. The quantitative estimate of drug-likeness (QED) is 0.925. The van der Waals surface area contributed by atoms with Gasteiger partial charge in [-0.25, -0.2) is 0 Å². The smallest absolute Gasteiger partial charge is 0.0894 e. The van der Waals surface area contributed by atoms with E-state index in [1.54, 1.807) is 0 Å². The van der Waals surface area contributed by atoms with Crippen molar-refractivity contribution in [2.45, 2.75) is 57.2 Å². The molecule has 1 aliphatic carbocycles. The third kappa shape index (κ3) is 3.31. The van der Waals surface area contributed by atoms with Crippen LogP contribution in [0.4, 0.5) is 0 Å². The predicted molar refractivity (Wildman–Crippen MR) is 86.4 cm³/mol. The summed E-state index contributed by atoms with van der Waals surface area (Å²) in [5, 5.41) is 0. The highest BCUT2D eigenvalue weighted by Gasteiger charge is 2.28. The number of morpholine rings is 1. The van der Waals surface area contributed by atoms with Crippen LogP contribution in [-0.4, -0.2) is 36.7 Å². The summed E-state index contributed by atoms with van der Waals surface area (Å²) in [4.78, 5) is 2.46. The maximum atomic E-state index is 6.45. The molecular weight excluding hydrogens is 260 g/mol. The Morgan fingerprint density at radius 2 is 1.90 bits per heavy atom. The molecule has 1 saturated heterocycles. The summed E-state index contributed by atoms with van der Waals surface area (Å²) < 4.78 is 5.92. The van der Waals surface area contributed by atoms with Gasteiger partial charge in [-0.3, -0.25) is 4.90 Å². The van der Waals surface area contributed by atoms with E-state index in [1.165, 1.54) is 30.4 Å². The first-order chi connectivity index (χ1) is 10.1. The molecule has 1 aliphatic heterocycles. The number of nitrogens with zero attached hydrogens (tertiary/aromatic N) is 1. The van der Waals surface area contributed by atoms with Crippen LogP contribution < -0.4 is 5.73 Å². The minimum atomic E-state index is -0.0259. The summed E-state index contributed by atoms with van der Waals surface area (Å²) in [6.45, 7) is 7.21. The Bertz CT molecular complexity index is 453. The number of hydrogen-bond donors (Lipinski definition) is 1. The molecule has 21 heavy (non-hydrogen) atoms. The van der Waals surface area contributed by atoms with Crippen LogP contribution >= 0.6 is 0 Å². The zero-order valence-corrected chi connectivity index (χ0v) is 13.3. The zero-order valence-electron chi connectivity index (χ0n) is 13.3. The van der Waals surface area contributed by atoms with Crippen molar-refractivity contribution in [1.82, 2.24) is 4.90 Å². The molecule has 3 rings (SSSR count). The third-order valence-corrected chi connectivity index (χ3v) is 5.15. The average molecular weight is 288 g/mol. The van der Waals surface area contributed by atoms with E-state index in [1.807, 2.05) is 0 Å². The maximum Gasteiger partial charge on any atom is 0.0894 e. The van der Waals surface area contributed by atoms with Crippen LogP contribution in [0.25, 0.3) is 0 Å². The van der Waals surface area contributed by atoms with Crippen molar-refractivity contribution in [2.75, 3.05) is 19.7 Å². The molecule has 0 spiro atoms. The van der Waals surface area contributed by atoms with E-state index in [0.717, 1.165) is 25.6 Å². The number of nitrogens with two attached hydrogens (primary N) is 1. The molecular formula is C18H28N2O. The SMILES string of the molecule is CC(C)N1CCOC(C(N)c2ccc(C3CCC3)cc2)C1. The van der Waals surface area contributed by atoms with Gasteiger partial charge in [0.05, 0.1) is 18.8 Å². The van der Waals surface area contributed by atoms with Crippen LogP contribution in [-0.2, 0) is 4.74 Å². The van der Waals surface area contributed by atoms with Crippen molar-refractivity contribution in [1.29, 1.82) is 0 Å². The van der Waals surface area contributed by atoms with E-state index in [4.69, 9.17) is 10.5 Å². The molecule has 2 fully saturated rings. The Balaban J connectivity index is 1.65. The summed E-state index contributed by atoms with van der Waals surface area (Å²) >= 11 is 0. The number of rotatable bonds is 4. The van der Waals surface area contributed by atoms with Gasteiger partial charge in [-0.05, 0) is 43.7 Å². The molecule has 3 nitrogen and oxygen atoms in total. The zero-order chi connectivity index (χ0) is 14.8. The molecule has 0 bridgehead atoms. The van der Waals surface area contributed by atoms with Crippen molar-refractivity contribution < 1.29 is 4.74 Å². The minimum absolute atomic E-state index is 0.0259. The first-order valence-corrected chi connectivity index (χ1v) is 8.36. The van der Waals surface area contributed by atoms with Gasteiger partial charge in [-0.2, -0.15) is 0 Å². The highest BCUT2D eigenvalue weighted by Crippen LogP contribution is 2.36. The van der Waals surface area contributed by atoms with Crippen LogP contribution in [0.15, 0.2) is 24.3 Å². The van der Waals surface area contributed by atoms with Gasteiger partial charge in [-0.1, -0.05) is 30.7 Å². The van der Waals surface area contributed by atoms with Crippen LogP contribution in [0.3, 0.4) is 0 Å². The number of benzene rings is 1. The van der Waals surface area contributed by atoms with E-state index in [2.05, 4.69) is 43.0 Å². The van der Waals surface area contributed by atoms with Crippen LogP contribution in [0.5, 0.6) is 0 Å². The summed E-state index contributed by atoms with van der Waals surface area (Å²) in [7, 11) is 0. The van der Waals surface area contributed by atoms with Gasteiger partial charge in [-0.15, -0.1) is 0 Å². The molecule has 3 heteroatoms. The van der Waals surface area contributed by atoms with Crippen molar-refractivity contribution in [3.63, 3.8) is 0 Å². The molecule has 2 unspecified atom stereocenters. The van der Waals surface area contributed by atoms with Gasteiger partial charge < -0.3 is 10.5 Å². The normalized spacial score (nSPS) is 25.8. The Hall–Kier alpha value is -0.900. The lowest BCUT2D eigenvalue weighted by Gasteiger charge is -2.38. The van der Waals surface area contributed by atoms with Crippen molar-refractivity contribution in [3.05, 3.63) is 35.4 Å². The monoisotopic (exact) mass is 288 g/mol. The number of ether oxygens (including phenoxy) is 1. The molecule has 1 aromatic rings. The second kappa shape index (κ2) is 6.47. The molecule has 2 N–H and O–H groups in total. The minimum Gasteiger partial charge on any atom is -0.374 e. The van der Waals surface area contributed by atoms with Gasteiger partial charge >= 0.3 is 0 Å². The lowest BCUT2D eigenvalue weighted by molar-refractivity contribution is -0.0502. The van der Waals surface area contributed by atoms with Crippen molar-refractivity contribution in [3.8, 4) is 0 Å². The van der Waals surface area contributed by atoms with E-state index in [0.29, 0.717) is 6.04 Å². The fraction of sp³-hybridized carbons (Fsp3) is 0.667. The molecule has 0 radical (unpaired) electrons. The standard InChI is InChI=1S/C18H28N2O/c1-13(2)20-10-11-21-17(12-20)18(19)16-8-6-15(7-9-16)14-4-3-5-14/h6-9,13-14,17-18H,3-5,10-12,19H2,1-2H3. The lowest BCUT2D eigenvalue weighted by Crippen LogP contribution is -2.49. The van der Waals surface area contributed by atoms with Gasteiger partial charge in [0, 0.05) is 19.1 Å². The highest BCUT2D eigenvalue weighted by atomic mass is 16.5. The first kappa shape index (κ1) is 15.0. The summed E-state index contributed by atoms with van der Waals surface area (Å²) in [5.74, 6) is 0.789. The largest absolute Gasteiger partial charge is 0.374 e. The topological polar surface area (TPSA) is 38.5 Å². The van der Waals surface area contributed by atoms with Gasteiger partial charge in [0.2, 0.25) is 0 Å². The van der Waals surface area contributed by atoms with Crippen LogP contribution in [0.2, 0.25) is 0 Å². The molecule has 116 valence electrons. The first-order valence-electron chi connectivity index (χ1n) is 8.36. The third-order valence-electron chi connectivity index (χ3n) is 5.15. The fourth-order valence-corrected chi connectivity index (χ4v) is 3.33. The Morgan fingerprint density at radius 3 is 2.48 bits per heavy atom. The molecule has 0 aromatic heterocycles. The molecule has 1 saturated carbocycles. The molecule has 1 aromatic carbocycles. The summed E-state index contributed by atoms with van der Waals surface area (Å²) in [5.41, 5.74) is 9.13. The number of hydrogen-bond acceptors (Lipinski definition) is 3. The van der Waals surface area contributed by atoms with Crippen molar-refractivity contribution in [2.24, 2.45) is 5.73 Å². The van der Waals surface area contributed by atoms with Gasteiger partial charge in [0.1, 0.15) is 0 Å². The second-order valence-electron chi connectivity index (χ2n) is 6.82. The Kier molecular flexibility index (Phi) is 4.63. The predicted octanol–water partition coefficient (Wildman–Crippen LogP) is 3.06. The maximum absolute atomic E-state index is 6.45. The average Bonchev–Trinajstić information content (AvgIpc) is 2.46. The van der Waals surface area contributed by atoms with Crippen LogP contribution in [0.1, 0.15) is 56.2 Å². The Morgan fingerprint density at radius 1 is 1.19 bits per heavy atom. The van der Waals surface area contributed by atoms with E-state index >= 15 is 0 Å². The van der Waals surface area contributed by atoms with Gasteiger partial charge in [0.15, 0.2) is 0 Å². The Labute approximate surface area is 128 Å². The fourth-order valence-electron chi connectivity index (χ4n) is 3.33. The highest BCUT2D eigenvalue weighted by molar-refractivity contribution is 5.29. The van der Waals surface area contributed by atoms with E-state index in [9.17, 15) is 0 Å². The molecule has 0 amide bonds. The second-order valence-corrected chi connectivity index (χ2v) is 6.82. The molecule has 1 heterocycles. The summed E-state index contributed by atoms with van der Waals surface area (Å²) in [6.07, 6.45) is 4.18. The van der Waals surface area contributed by atoms with E-state index in [-0.39, 0.29) is 12.1 Å². The van der Waals surface area contributed by atoms with Crippen LogP contribution in [0, 0.1) is 0 Å². The van der Waals surface area contributed by atoms with Gasteiger partial charge in [0.25, 0.3) is 0 Å². The van der Waals surface area contributed by atoms with Crippen molar-refractivity contribution >= 4 is 0 Å². The summed E-state index contributed by atoms with van der Waals surface area (Å²) in [6, 6.07) is 9.47.